The number of benzene rings is 2. The Morgan fingerprint density at radius 3 is 2.42 bits per heavy atom. The average Bonchev–Trinajstić information content (AvgIpc) is 2.39. The number of hydrogen-bond acceptors (Lipinski definition) is 1. The Hall–Kier alpha value is -1.19. The van der Waals surface area contributed by atoms with E-state index in [2.05, 4.69) is 34.2 Å². The van der Waals surface area contributed by atoms with Crippen molar-refractivity contribution in [2.45, 2.75) is 25.9 Å². The van der Waals surface area contributed by atoms with Crippen LogP contribution in [0.25, 0.3) is 0 Å². The zero-order valence-electron chi connectivity index (χ0n) is 11.0. The highest BCUT2D eigenvalue weighted by molar-refractivity contribution is 9.10. The first-order chi connectivity index (χ1) is 9.08. The minimum atomic E-state index is -0.195. The minimum Gasteiger partial charge on any atom is -0.304 e. The molecule has 2 rings (SSSR count). The fraction of sp³-hybridized carbons (Fsp3) is 0.250. The Morgan fingerprint density at radius 1 is 1.00 bits per heavy atom. The molecule has 0 aromatic heterocycles. The second kappa shape index (κ2) is 6.31. The van der Waals surface area contributed by atoms with Gasteiger partial charge in [0.25, 0.3) is 0 Å². The van der Waals surface area contributed by atoms with E-state index in [0.717, 1.165) is 10.0 Å². The van der Waals surface area contributed by atoms with Crippen molar-refractivity contribution in [2.75, 3.05) is 0 Å². The summed E-state index contributed by atoms with van der Waals surface area (Å²) in [6.07, 6.45) is 0. The first-order valence-electron chi connectivity index (χ1n) is 6.34. The highest BCUT2D eigenvalue weighted by Gasteiger charge is 2.13. The number of hydrogen-bond donors (Lipinski definition) is 1. The summed E-state index contributed by atoms with van der Waals surface area (Å²) in [7, 11) is 0. The molecule has 0 aliphatic carbocycles. The summed E-state index contributed by atoms with van der Waals surface area (Å²) in [5.41, 5.74) is 2.16. The molecule has 0 fully saturated rings. The first-order valence-corrected chi connectivity index (χ1v) is 7.13. The van der Waals surface area contributed by atoms with Gasteiger partial charge in [0.15, 0.2) is 0 Å². The van der Waals surface area contributed by atoms with Crippen LogP contribution in [0, 0.1) is 5.82 Å². The van der Waals surface area contributed by atoms with Gasteiger partial charge in [-0.1, -0.05) is 46.3 Å². The summed E-state index contributed by atoms with van der Waals surface area (Å²) >= 11 is 3.55. The Kier molecular flexibility index (Phi) is 4.72. The zero-order chi connectivity index (χ0) is 13.8. The van der Waals surface area contributed by atoms with E-state index in [1.807, 2.05) is 31.2 Å². The van der Waals surface area contributed by atoms with Crippen LogP contribution in [0.3, 0.4) is 0 Å². The van der Waals surface area contributed by atoms with Gasteiger partial charge < -0.3 is 5.32 Å². The van der Waals surface area contributed by atoms with Crippen LogP contribution in [0.2, 0.25) is 0 Å². The Morgan fingerprint density at radius 2 is 1.74 bits per heavy atom. The average molecular weight is 322 g/mol. The molecule has 2 aromatic carbocycles. The lowest BCUT2D eigenvalue weighted by Crippen LogP contribution is -2.22. The molecule has 0 amide bonds. The molecule has 0 aliphatic rings. The molecule has 0 aliphatic heterocycles. The van der Waals surface area contributed by atoms with Crippen LogP contribution in [0.1, 0.15) is 37.1 Å². The van der Waals surface area contributed by atoms with E-state index in [1.165, 1.54) is 11.6 Å². The van der Waals surface area contributed by atoms with Crippen LogP contribution >= 0.6 is 15.9 Å². The van der Waals surface area contributed by atoms with Gasteiger partial charge in [-0.2, -0.15) is 0 Å². The topological polar surface area (TPSA) is 12.0 Å². The van der Waals surface area contributed by atoms with Gasteiger partial charge in [0, 0.05) is 16.6 Å². The molecule has 1 unspecified atom stereocenters. The maximum atomic E-state index is 13.2. The van der Waals surface area contributed by atoms with Gasteiger partial charge in [-0.3, -0.25) is 0 Å². The van der Waals surface area contributed by atoms with Crippen LogP contribution in [0.5, 0.6) is 0 Å². The number of halogens is 2. The lowest BCUT2D eigenvalue weighted by atomic mass is 10.0. The monoisotopic (exact) mass is 321 g/mol. The predicted octanol–water partition coefficient (Wildman–Crippen LogP) is 5.00. The quantitative estimate of drug-likeness (QED) is 0.835. The van der Waals surface area contributed by atoms with Crippen molar-refractivity contribution in [1.82, 2.24) is 5.32 Å². The third kappa shape index (κ3) is 3.64. The van der Waals surface area contributed by atoms with Crippen molar-refractivity contribution < 1.29 is 4.39 Å². The van der Waals surface area contributed by atoms with Crippen molar-refractivity contribution >= 4 is 15.9 Å². The molecule has 1 nitrogen and oxygen atoms in total. The van der Waals surface area contributed by atoms with Gasteiger partial charge in [0.1, 0.15) is 5.82 Å². The third-order valence-corrected chi connectivity index (χ3v) is 3.94. The van der Waals surface area contributed by atoms with E-state index in [4.69, 9.17) is 0 Å². The standard InChI is InChI=1S/C16H17BrFN/c1-11(13-6-5-7-14(18)10-13)19-12(2)15-8-3-4-9-16(15)17/h3-12,19H,1-2H3/t11-,12?/m1/s1. The predicted molar refractivity (Wildman–Crippen MR) is 80.5 cm³/mol. The van der Waals surface area contributed by atoms with Crippen molar-refractivity contribution in [1.29, 1.82) is 0 Å². The van der Waals surface area contributed by atoms with Crippen LogP contribution in [-0.4, -0.2) is 0 Å². The molecular weight excluding hydrogens is 305 g/mol. The fourth-order valence-corrected chi connectivity index (χ4v) is 2.79. The van der Waals surface area contributed by atoms with Gasteiger partial charge in [0.2, 0.25) is 0 Å². The molecule has 0 saturated heterocycles. The Balaban J connectivity index is 2.11. The lowest BCUT2D eigenvalue weighted by molar-refractivity contribution is 0.491. The maximum absolute atomic E-state index is 13.2. The second-order valence-corrected chi connectivity index (χ2v) is 5.54. The van der Waals surface area contributed by atoms with Crippen LogP contribution in [0.4, 0.5) is 4.39 Å². The summed E-state index contributed by atoms with van der Waals surface area (Å²) in [4.78, 5) is 0. The molecule has 3 heteroatoms. The van der Waals surface area contributed by atoms with Crippen molar-refractivity contribution in [3.8, 4) is 0 Å². The minimum absolute atomic E-state index is 0.0952. The van der Waals surface area contributed by atoms with Crippen molar-refractivity contribution in [2.24, 2.45) is 0 Å². The molecule has 0 saturated carbocycles. The Bertz CT molecular complexity index is 556. The van der Waals surface area contributed by atoms with E-state index < -0.39 is 0 Å². The normalized spacial score (nSPS) is 14.1. The Labute approximate surface area is 122 Å². The summed E-state index contributed by atoms with van der Waals surface area (Å²) in [5, 5.41) is 3.48. The van der Waals surface area contributed by atoms with Gasteiger partial charge in [-0.25, -0.2) is 4.39 Å². The lowest BCUT2D eigenvalue weighted by Gasteiger charge is -2.21. The molecule has 0 spiro atoms. The molecule has 0 bridgehead atoms. The largest absolute Gasteiger partial charge is 0.304 e. The summed E-state index contributed by atoms with van der Waals surface area (Å²) in [6.45, 7) is 4.15. The molecule has 0 heterocycles. The molecule has 19 heavy (non-hydrogen) atoms. The molecule has 2 atom stereocenters. The zero-order valence-corrected chi connectivity index (χ0v) is 12.6. The summed E-state index contributed by atoms with van der Waals surface area (Å²) in [6, 6.07) is 15.1. The SMILES string of the molecule is CC(N[C@H](C)c1cccc(F)c1)c1ccccc1Br. The van der Waals surface area contributed by atoms with Gasteiger partial charge in [0.05, 0.1) is 0 Å². The first kappa shape index (κ1) is 14.2. The van der Waals surface area contributed by atoms with E-state index in [9.17, 15) is 4.39 Å². The highest BCUT2D eigenvalue weighted by Crippen LogP contribution is 2.25. The molecule has 100 valence electrons. The van der Waals surface area contributed by atoms with E-state index in [-0.39, 0.29) is 17.9 Å². The van der Waals surface area contributed by atoms with E-state index in [0.29, 0.717) is 0 Å². The van der Waals surface area contributed by atoms with Crippen LogP contribution in [0.15, 0.2) is 53.0 Å². The van der Waals surface area contributed by atoms with Crippen molar-refractivity contribution in [3.05, 3.63) is 69.9 Å². The fourth-order valence-electron chi connectivity index (χ4n) is 2.16. The number of nitrogens with one attached hydrogen (secondary N) is 1. The maximum Gasteiger partial charge on any atom is 0.123 e. The number of rotatable bonds is 4. The highest BCUT2D eigenvalue weighted by atomic mass is 79.9. The van der Waals surface area contributed by atoms with Crippen molar-refractivity contribution in [3.63, 3.8) is 0 Å². The second-order valence-electron chi connectivity index (χ2n) is 4.69. The molecule has 1 N–H and O–H groups in total. The molecule has 0 radical (unpaired) electrons. The van der Waals surface area contributed by atoms with Gasteiger partial charge in [-0.05, 0) is 43.2 Å². The van der Waals surface area contributed by atoms with Gasteiger partial charge in [-0.15, -0.1) is 0 Å². The smallest absolute Gasteiger partial charge is 0.123 e. The van der Waals surface area contributed by atoms with Crippen LogP contribution in [-0.2, 0) is 0 Å². The molecular formula is C16H17BrFN. The van der Waals surface area contributed by atoms with E-state index in [1.54, 1.807) is 12.1 Å². The summed E-state index contributed by atoms with van der Waals surface area (Å²) < 4.78 is 14.3. The van der Waals surface area contributed by atoms with Crippen LogP contribution < -0.4 is 5.32 Å². The van der Waals surface area contributed by atoms with Gasteiger partial charge >= 0.3 is 0 Å². The molecule has 2 aromatic rings. The summed E-state index contributed by atoms with van der Waals surface area (Å²) in [5.74, 6) is -0.195. The van der Waals surface area contributed by atoms with E-state index >= 15 is 0 Å². The third-order valence-electron chi connectivity index (χ3n) is 3.22.